The number of aliphatic hydroxyl groups is 1. The van der Waals surface area contributed by atoms with E-state index in [1.165, 1.54) is 0 Å². The zero-order chi connectivity index (χ0) is 12.5. The fourth-order valence-corrected chi connectivity index (χ4v) is 2.67. The van der Waals surface area contributed by atoms with E-state index in [-0.39, 0.29) is 18.5 Å². The molecule has 4 nitrogen and oxygen atoms in total. The van der Waals surface area contributed by atoms with Crippen LogP contribution in [0.15, 0.2) is 18.2 Å². The minimum absolute atomic E-state index is 0.173. The van der Waals surface area contributed by atoms with E-state index in [1.807, 2.05) is 0 Å². The maximum atomic E-state index is 11.8. The summed E-state index contributed by atoms with van der Waals surface area (Å²) in [5.41, 5.74) is 0.736. The number of carbonyl (C=O) groups is 1. The predicted molar refractivity (Wildman–Crippen MR) is 64.5 cm³/mol. The fourth-order valence-electron chi connectivity index (χ4n) is 2.67. The van der Waals surface area contributed by atoms with Gasteiger partial charge in [-0.25, -0.2) is 0 Å². The second-order valence-electron chi connectivity index (χ2n) is 4.88. The Hall–Kier alpha value is -1.55. The minimum atomic E-state index is -0.729. The molecule has 4 heteroatoms. The van der Waals surface area contributed by atoms with Gasteiger partial charge < -0.3 is 14.6 Å². The third-order valence-corrected chi connectivity index (χ3v) is 3.72. The van der Waals surface area contributed by atoms with E-state index >= 15 is 0 Å². The van der Waals surface area contributed by atoms with Crippen LogP contribution in [-0.2, 0) is 4.79 Å². The van der Waals surface area contributed by atoms with Crippen LogP contribution in [0.25, 0.3) is 0 Å². The lowest BCUT2D eigenvalue weighted by Gasteiger charge is -2.25. The predicted octanol–water partition coefficient (Wildman–Crippen LogP) is 2.21. The van der Waals surface area contributed by atoms with Gasteiger partial charge in [0.25, 0.3) is 0 Å². The van der Waals surface area contributed by atoms with Crippen LogP contribution in [0.4, 0.5) is 0 Å². The highest BCUT2D eigenvalue weighted by molar-refractivity contribution is 5.82. The molecule has 2 atom stereocenters. The minimum Gasteiger partial charge on any atom is -0.454 e. The first-order valence-electron chi connectivity index (χ1n) is 6.36. The number of Topliss-reactive ketones (excluding diaryl/α,β-unsaturated/α-hetero) is 1. The van der Waals surface area contributed by atoms with E-state index < -0.39 is 6.10 Å². The zero-order valence-electron chi connectivity index (χ0n) is 10.1. The normalized spacial score (nSPS) is 24.1. The summed E-state index contributed by atoms with van der Waals surface area (Å²) in [6.45, 7) is 0.219. The first-order valence-corrected chi connectivity index (χ1v) is 6.36. The van der Waals surface area contributed by atoms with E-state index in [2.05, 4.69) is 0 Å². The van der Waals surface area contributed by atoms with E-state index in [0.717, 1.165) is 24.8 Å². The molecule has 0 bridgehead atoms. The van der Waals surface area contributed by atoms with E-state index in [1.54, 1.807) is 18.2 Å². The van der Waals surface area contributed by atoms with Crippen LogP contribution in [0.3, 0.4) is 0 Å². The van der Waals surface area contributed by atoms with Crippen LogP contribution in [0.2, 0.25) is 0 Å². The summed E-state index contributed by atoms with van der Waals surface area (Å²) >= 11 is 0. The second kappa shape index (κ2) is 4.61. The van der Waals surface area contributed by atoms with Gasteiger partial charge in [-0.3, -0.25) is 4.79 Å². The number of ketones is 1. The lowest BCUT2D eigenvalue weighted by atomic mass is 9.81. The van der Waals surface area contributed by atoms with Crippen molar-refractivity contribution in [3.05, 3.63) is 23.8 Å². The molecule has 1 aliphatic heterocycles. The van der Waals surface area contributed by atoms with E-state index in [9.17, 15) is 9.90 Å². The van der Waals surface area contributed by atoms with Crippen molar-refractivity contribution in [2.75, 3.05) is 6.79 Å². The van der Waals surface area contributed by atoms with Crippen LogP contribution in [0.1, 0.15) is 37.4 Å². The maximum Gasteiger partial charge on any atom is 0.231 e. The standard InChI is InChI=1S/C14H16O4/c15-11-4-2-1-3-10(11)14(16)9-5-6-12-13(7-9)18-8-17-12/h5-7,10,14,16H,1-4,8H2/t10-,14-/m1/s1. The molecule has 1 aliphatic carbocycles. The van der Waals surface area contributed by atoms with Crippen molar-refractivity contribution in [2.24, 2.45) is 5.92 Å². The zero-order valence-corrected chi connectivity index (χ0v) is 10.1. The molecule has 96 valence electrons. The third kappa shape index (κ3) is 1.97. The van der Waals surface area contributed by atoms with Crippen molar-refractivity contribution in [3.63, 3.8) is 0 Å². The molecule has 0 saturated heterocycles. The molecule has 1 aromatic rings. The van der Waals surface area contributed by atoms with Crippen molar-refractivity contribution in [3.8, 4) is 11.5 Å². The van der Waals surface area contributed by atoms with E-state index in [0.29, 0.717) is 17.9 Å². The summed E-state index contributed by atoms with van der Waals surface area (Å²) in [7, 11) is 0. The molecule has 0 radical (unpaired) electrons. The lowest BCUT2D eigenvalue weighted by molar-refractivity contribution is -0.128. The topological polar surface area (TPSA) is 55.8 Å². The lowest BCUT2D eigenvalue weighted by Crippen LogP contribution is -2.25. The van der Waals surface area contributed by atoms with E-state index in [4.69, 9.17) is 9.47 Å². The first kappa shape index (κ1) is 11.5. The van der Waals surface area contributed by atoms with Crippen molar-refractivity contribution in [2.45, 2.75) is 31.8 Å². The molecule has 0 unspecified atom stereocenters. The summed E-state index contributed by atoms with van der Waals surface area (Å²) in [5.74, 6) is 1.25. The highest BCUT2D eigenvalue weighted by Crippen LogP contribution is 2.38. The molecule has 0 aromatic heterocycles. The monoisotopic (exact) mass is 248 g/mol. The van der Waals surface area contributed by atoms with Gasteiger partial charge in [-0.05, 0) is 30.5 Å². The van der Waals surface area contributed by atoms with Crippen molar-refractivity contribution < 1.29 is 19.4 Å². The summed E-state index contributed by atoms with van der Waals surface area (Å²) in [6, 6.07) is 5.36. The molecule has 0 spiro atoms. The van der Waals surface area contributed by atoms with Gasteiger partial charge in [0.1, 0.15) is 5.78 Å². The fraction of sp³-hybridized carbons (Fsp3) is 0.500. The summed E-state index contributed by atoms with van der Waals surface area (Å²) in [6.07, 6.45) is 2.59. The maximum absolute atomic E-state index is 11.8. The second-order valence-corrected chi connectivity index (χ2v) is 4.88. The number of fused-ring (bicyclic) bond motifs is 1. The smallest absolute Gasteiger partial charge is 0.231 e. The molecule has 1 N–H and O–H groups in total. The Bertz CT molecular complexity index is 469. The summed E-state index contributed by atoms with van der Waals surface area (Å²) in [4.78, 5) is 11.8. The Balaban J connectivity index is 1.83. The van der Waals surface area contributed by atoms with Gasteiger partial charge in [0.15, 0.2) is 11.5 Å². The van der Waals surface area contributed by atoms with Gasteiger partial charge in [-0.2, -0.15) is 0 Å². The summed E-state index contributed by atoms with van der Waals surface area (Å²) < 4.78 is 10.5. The Morgan fingerprint density at radius 1 is 1.22 bits per heavy atom. The van der Waals surface area contributed by atoms with Gasteiger partial charge >= 0.3 is 0 Å². The molecule has 1 aromatic carbocycles. The Labute approximate surface area is 106 Å². The highest BCUT2D eigenvalue weighted by Gasteiger charge is 2.30. The Kier molecular flexibility index (Phi) is 2.96. The number of carbonyl (C=O) groups excluding carboxylic acids is 1. The van der Waals surface area contributed by atoms with Gasteiger partial charge in [-0.1, -0.05) is 12.5 Å². The van der Waals surface area contributed by atoms with Crippen LogP contribution >= 0.6 is 0 Å². The Morgan fingerprint density at radius 3 is 2.89 bits per heavy atom. The van der Waals surface area contributed by atoms with Gasteiger partial charge in [0, 0.05) is 12.3 Å². The number of rotatable bonds is 2. The van der Waals surface area contributed by atoms with Crippen molar-refractivity contribution in [1.82, 2.24) is 0 Å². The van der Waals surface area contributed by atoms with Crippen LogP contribution < -0.4 is 9.47 Å². The highest BCUT2D eigenvalue weighted by atomic mass is 16.7. The van der Waals surface area contributed by atoms with Gasteiger partial charge in [0.2, 0.25) is 6.79 Å². The average molecular weight is 248 g/mol. The van der Waals surface area contributed by atoms with Gasteiger partial charge in [-0.15, -0.1) is 0 Å². The molecule has 3 rings (SSSR count). The number of aliphatic hydroxyl groups excluding tert-OH is 1. The quantitative estimate of drug-likeness (QED) is 0.871. The van der Waals surface area contributed by atoms with Crippen LogP contribution in [-0.4, -0.2) is 17.7 Å². The van der Waals surface area contributed by atoms with Crippen molar-refractivity contribution >= 4 is 5.78 Å². The molecular formula is C14H16O4. The molecule has 1 saturated carbocycles. The molecule has 18 heavy (non-hydrogen) atoms. The third-order valence-electron chi connectivity index (χ3n) is 3.72. The average Bonchev–Trinajstić information content (AvgIpc) is 2.85. The number of ether oxygens (including phenoxy) is 2. The first-order chi connectivity index (χ1) is 8.75. The number of hydrogen-bond acceptors (Lipinski definition) is 4. The number of benzene rings is 1. The summed E-state index contributed by atoms with van der Waals surface area (Å²) in [5, 5.41) is 10.3. The molecule has 1 heterocycles. The van der Waals surface area contributed by atoms with Gasteiger partial charge in [0.05, 0.1) is 6.10 Å². The molecular weight excluding hydrogens is 232 g/mol. The SMILES string of the molecule is O=C1CCCC[C@H]1[C@H](O)c1ccc2c(c1)OCO2. The largest absolute Gasteiger partial charge is 0.454 e. The van der Waals surface area contributed by atoms with Crippen molar-refractivity contribution in [1.29, 1.82) is 0 Å². The Morgan fingerprint density at radius 2 is 2.06 bits per heavy atom. The van der Waals surface area contributed by atoms with Crippen LogP contribution in [0, 0.1) is 5.92 Å². The molecule has 1 fully saturated rings. The molecule has 2 aliphatic rings. The molecule has 0 amide bonds. The van der Waals surface area contributed by atoms with Crippen LogP contribution in [0.5, 0.6) is 11.5 Å². The number of hydrogen-bond donors (Lipinski definition) is 1.